The van der Waals surface area contributed by atoms with Gasteiger partial charge in [-0.15, -0.1) is 0 Å². The van der Waals surface area contributed by atoms with E-state index in [0.717, 1.165) is 29.9 Å². The largest absolute Gasteiger partial charge is 0.497 e. The summed E-state index contributed by atoms with van der Waals surface area (Å²) in [7, 11) is 3.29. The van der Waals surface area contributed by atoms with E-state index in [1.165, 1.54) is 6.42 Å². The van der Waals surface area contributed by atoms with Gasteiger partial charge in [-0.1, -0.05) is 20.3 Å². The Morgan fingerprint density at radius 1 is 1.21 bits per heavy atom. The summed E-state index contributed by atoms with van der Waals surface area (Å²) < 4.78 is 10.7. The molecule has 1 fully saturated rings. The lowest BCUT2D eigenvalue weighted by Crippen LogP contribution is -2.40. The number of hydrogen-bond acceptors (Lipinski definition) is 3. The Bertz CT molecular complexity index is 444. The number of ether oxygens (including phenoxy) is 2. The SMILES string of the molecule is COc1ccc(OC)c(C2(O)CCCC(C)C2C)c1. The van der Waals surface area contributed by atoms with Crippen LogP contribution in [-0.2, 0) is 5.60 Å². The van der Waals surface area contributed by atoms with E-state index in [1.807, 2.05) is 18.2 Å². The maximum Gasteiger partial charge on any atom is 0.125 e. The maximum atomic E-state index is 11.2. The molecular weight excluding hydrogens is 240 g/mol. The second kappa shape index (κ2) is 5.41. The van der Waals surface area contributed by atoms with E-state index >= 15 is 0 Å². The molecule has 3 atom stereocenters. The first-order valence-electron chi connectivity index (χ1n) is 6.97. The van der Waals surface area contributed by atoms with Crippen LogP contribution in [0, 0.1) is 11.8 Å². The van der Waals surface area contributed by atoms with Gasteiger partial charge in [0.05, 0.1) is 19.8 Å². The van der Waals surface area contributed by atoms with Gasteiger partial charge in [-0.05, 0) is 42.9 Å². The highest BCUT2D eigenvalue weighted by Gasteiger charge is 2.43. The quantitative estimate of drug-likeness (QED) is 0.910. The van der Waals surface area contributed by atoms with Crippen molar-refractivity contribution in [3.63, 3.8) is 0 Å². The molecule has 1 aliphatic carbocycles. The first-order valence-corrected chi connectivity index (χ1v) is 6.97. The van der Waals surface area contributed by atoms with E-state index in [9.17, 15) is 5.11 Å². The standard InChI is InChI=1S/C16H24O3/c1-11-6-5-9-16(17,12(11)2)14-10-13(18-3)7-8-15(14)19-4/h7-8,10-12,17H,5-6,9H2,1-4H3. The third-order valence-corrected chi connectivity index (χ3v) is 4.70. The molecule has 0 radical (unpaired) electrons. The van der Waals surface area contributed by atoms with Crippen LogP contribution in [0.1, 0.15) is 38.7 Å². The Morgan fingerprint density at radius 3 is 2.58 bits per heavy atom. The van der Waals surface area contributed by atoms with Gasteiger partial charge >= 0.3 is 0 Å². The summed E-state index contributed by atoms with van der Waals surface area (Å²) >= 11 is 0. The van der Waals surface area contributed by atoms with Crippen molar-refractivity contribution in [1.82, 2.24) is 0 Å². The molecule has 0 spiro atoms. The van der Waals surface area contributed by atoms with Gasteiger partial charge in [0, 0.05) is 5.56 Å². The zero-order chi connectivity index (χ0) is 14.0. The molecule has 3 heteroatoms. The molecule has 1 saturated carbocycles. The Kier molecular flexibility index (Phi) is 4.04. The van der Waals surface area contributed by atoms with Crippen molar-refractivity contribution in [2.24, 2.45) is 11.8 Å². The monoisotopic (exact) mass is 264 g/mol. The molecule has 1 aromatic carbocycles. The third kappa shape index (κ3) is 2.44. The normalized spacial score (nSPS) is 31.0. The van der Waals surface area contributed by atoms with Crippen molar-refractivity contribution < 1.29 is 14.6 Å². The minimum atomic E-state index is -0.822. The highest BCUT2D eigenvalue weighted by Crippen LogP contribution is 2.47. The third-order valence-electron chi connectivity index (χ3n) is 4.70. The van der Waals surface area contributed by atoms with E-state index in [0.29, 0.717) is 5.92 Å². The molecule has 19 heavy (non-hydrogen) atoms. The van der Waals surface area contributed by atoms with Gasteiger partial charge < -0.3 is 14.6 Å². The summed E-state index contributed by atoms with van der Waals surface area (Å²) in [6, 6.07) is 5.65. The number of methoxy groups -OCH3 is 2. The first kappa shape index (κ1) is 14.2. The van der Waals surface area contributed by atoms with Crippen LogP contribution in [0.2, 0.25) is 0 Å². The van der Waals surface area contributed by atoms with Crippen molar-refractivity contribution >= 4 is 0 Å². The van der Waals surface area contributed by atoms with Crippen LogP contribution in [0.4, 0.5) is 0 Å². The average molecular weight is 264 g/mol. The molecule has 0 aliphatic heterocycles. The van der Waals surface area contributed by atoms with Crippen LogP contribution in [0.25, 0.3) is 0 Å². The number of aliphatic hydroxyl groups is 1. The molecule has 1 N–H and O–H groups in total. The molecule has 0 heterocycles. The molecular formula is C16H24O3. The van der Waals surface area contributed by atoms with Crippen molar-refractivity contribution in [1.29, 1.82) is 0 Å². The summed E-state index contributed by atoms with van der Waals surface area (Å²) in [4.78, 5) is 0. The average Bonchev–Trinajstić information content (AvgIpc) is 2.44. The second-order valence-electron chi connectivity index (χ2n) is 5.65. The van der Waals surface area contributed by atoms with E-state index < -0.39 is 5.60 Å². The van der Waals surface area contributed by atoms with Crippen LogP contribution in [0.15, 0.2) is 18.2 Å². The summed E-state index contributed by atoms with van der Waals surface area (Å²) in [6.07, 6.45) is 3.00. The lowest BCUT2D eigenvalue weighted by molar-refractivity contribution is -0.0702. The van der Waals surface area contributed by atoms with Crippen LogP contribution in [0.3, 0.4) is 0 Å². The summed E-state index contributed by atoms with van der Waals surface area (Å²) in [5.41, 5.74) is 0.0331. The van der Waals surface area contributed by atoms with Gasteiger partial charge in [0.2, 0.25) is 0 Å². The predicted molar refractivity (Wildman–Crippen MR) is 75.6 cm³/mol. The molecule has 1 aliphatic rings. The maximum absolute atomic E-state index is 11.2. The topological polar surface area (TPSA) is 38.7 Å². The minimum Gasteiger partial charge on any atom is -0.497 e. The number of benzene rings is 1. The van der Waals surface area contributed by atoms with Crippen molar-refractivity contribution in [3.8, 4) is 11.5 Å². The molecule has 0 amide bonds. The molecule has 3 unspecified atom stereocenters. The van der Waals surface area contributed by atoms with E-state index in [4.69, 9.17) is 9.47 Å². The van der Waals surface area contributed by atoms with Crippen molar-refractivity contribution in [2.45, 2.75) is 38.7 Å². The summed E-state index contributed by atoms with van der Waals surface area (Å²) in [5.74, 6) is 2.22. The Balaban J connectivity index is 2.48. The number of hydrogen-bond donors (Lipinski definition) is 1. The van der Waals surface area contributed by atoms with E-state index in [2.05, 4.69) is 13.8 Å². The van der Waals surface area contributed by atoms with E-state index in [-0.39, 0.29) is 5.92 Å². The predicted octanol–water partition coefficient (Wildman–Crippen LogP) is 3.35. The molecule has 0 bridgehead atoms. The van der Waals surface area contributed by atoms with Crippen molar-refractivity contribution in [2.75, 3.05) is 14.2 Å². The van der Waals surface area contributed by atoms with Gasteiger partial charge in [0.1, 0.15) is 11.5 Å². The number of rotatable bonds is 3. The van der Waals surface area contributed by atoms with Gasteiger partial charge in [-0.25, -0.2) is 0 Å². The Morgan fingerprint density at radius 2 is 1.95 bits per heavy atom. The zero-order valence-electron chi connectivity index (χ0n) is 12.3. The molecule has 106 valence electrons. The summed E-state index contributed by atoms with van der Waals surface area (Å²) in [6.45, 7) is 4.34. The summed E-state index contributed by atoms with van der Waals surface area (Å²) in [5, 5.41) is 11.2. The fourth-order valence-corrected chi connectivity index (χ4v) is 3.17. The van der Waals surface area contributed by atoms with Gasteiger partial charge in [0.25, 0.3) is 0 Å². The van der Waals surface area contributed by atoms with Gasteiger partial charge in [0.15, 0.2) is 0 Å². The molecule has 2 rings (SSSR count). The Labute approximate surface area is 115 Å². The molecule has 3 nitrogen and oxygen atoms in total. The molecule has 0 aromatic heterocycles. The van der Waals surface area contributed by atoms with Gasteiger partial charge in [-0.2, -0.15) is 0 Å². The lowest BCUT2D eigenvalue weighted by atomic mass is 9.67. The highest BCUT2D eigenvalue weighted by molar-refractivity contribution is 5.44. The fraction of sp³-hybridized carbons (Fsp3) is 0.625. The Hall–Kier alpha value is -1.22. The zero-order valence-corrected chi connectivity index (χ0v) is 12.3. The van der Waals surface area contributed by atoms with Crippen LogP contribution < -0.4 is 9.47 Å². The first-order chi connectivity index (χ1) is 9.02. The van der Waals surface area contributed by atoms with Crippen molar-refractivity contribution in [3.05, 3.63) is 23.8 Å². The minimum absolute atomic E-state index is 0.210. The van der Waals surface area contributed by atoms with Crippen LogP contribution >= 0.6 is 0 Å². The van der Waals surface area contributed by atoms with Crippen LogP contribution in [-0.4, -0.2) is 19.3 Å². The van der Waals surface area contributed by atoms with E-state index in [1.54, 1.807) is 14.2 Å². The fourth-order valence-electron chi connectivity index (χ4n) is 3.17. The van der Waals surface area contributed by atoms with Gasteiger partial charge in [-0.3, -0.25) is 0 Å². The van der Waals surface area contributed by atoms with Crippen LogP contribution in [0.5, 0.6) is 11.5 Å². The lowest BCUT2D eigenvalue weighted by Gasteiger charge is -2.42. The smallest absolute Gasteiger partial charge is 0.125 e. The highest BCUT2D eigenvalue weighted by atomic mass is 16.5. The molecule has 1 aromatic rings. The molecule has 0 saturated heterocycles. The second-order valence-corrected chi connectivity index (χ2v) is 5.65.